The highest BCUT2D eigenvalue weighted by molar-refractivity contribution is 5.67. The molecular weight excluding hydrogens is 292 g/mol. The van der Waals surface area contributed by atoms with Crippen LogP contribution in [0.25, 0.3) is 0 Å². The fourth-order valence-electron chi connectivity index (χ4n) is 2.66. The van der Waals surface area contributed by atoms with E-state index in [4.69, 9.17) is 4.74 Å². The Morgan fingerprint density at radius 2 is 1.78 bits per heavy atom. The Hall–Kier alpha value is -1.75. The third-order valence-electron chi connectivity index (χ3n) is 3.86. The molecule has 0 radical (unpaired) electrons. The fraction of sp³-hybridized carbons (Fsp3) is 0.611. The molecule has 0 aromatic heterocycles. The maximum Gasteiger partial charge on any atom is 0.407 e. The number of alkyl carbamates (subject to hydrolysis) is 1. The van der Waals surface area contributed by atoms with Crippen molar-refractivity contribution in [1.82, 2.24) is 5.32 Å². The third-order valence-corrected chi connectivity index (χ3v) is 3.86. The number of aliphatic hydroxyl groups is 1. The standard InChI is InChI=1S/C18H28N2O3/c1-18(2,3)23-17(22)19-12-13-4-6-14(7-5-13)20-15-8-10-16(21)11-9-15/h4-7,15-16,20-21H,8-12H2,1-3H3,(H,19,22). The van der Waals surface area contributed by atoms with Gasteiger partial charge in [0.15, 0.2) is 0 Å². The topological polar surface area (TPSA) is 70.6 Å². The van der Waals surface area contributed by atoms with E-state index in [9.17, 15) is 9.90 Å². The largest absolute Gasteiger partial charge is 0.444 e. The molecule has 1 aromatic carbocycles. The van der Waals surface area contributed by atoms with Crippen molar-refractivity contribution in [1.29, 1.82) is 0 Å². The van der Waals surface area contributed by atoms with E-state index in [2.05, 4.69) is 10.6 Å². The summed E-state index contributed by atoms with van der Waals surface area (Å²) in [5, 5.41) is 15.8. The molecule has 1 fully saturated rings. The number of nitrogens with one attached hydrogen (secondary N) is 2. The Morgan fingerprint density at radius 1 is 1.17 bits per heavy atom. The van der Waals surface area contributed by atoms with Gasteiger partial charge in [-0.2, -0.15) is 0 Å². The van der Waals surface area contributed by atoms with Gasteiger partial charge in [0.1, 0.15) is 5.60 Å². The summed E-state index contributed by atoms with van der Waals surface area (Å²) in [6, 6.07) is 8.48. The van der Waals surface area contributed by atoms with Gasteiger partial charge in [-0.1, -0.05) is 12.1 Å². The monoisotopic (exact) mass is 320 g/mol. The molecule has 0 atom stereocenters. The van der Waals surface area contributed by atoms with Crippen molar-refractivity contribution in [2.75, 3.05) is 5.32 Å². The molecule has 0 bridgehead atoms. The number of amides is 1. The first-order valence-electron chi connectivity index (χ1n) is 8.32. The molecule has 0 spiro atoms. The summed E-state index contributed by atoms with van der Waals surface area (Å²) in [5.41, 5.74) is 1.62. The van der Waals surface area contributed by atoms with E-state index in [1.165, 1.54) is 0 Å². The lowest BCUT2D eigenvalue weighted by Crippen LogP contribution is -2.32. The molecule has 1 amide bonds. The van der Waals surface area contributed by atoms with Crippen molar-refractivity contribution in [3.05, 3.63) is 29.8 Å². The number of carbonyl (C=O) groups is 1. The van der Waals surface area contributed by atoms with Crippen LogP contribution in [0.1, 0.15) is 52.0 Å². The van der Waals surface area contributed by atoms with Crippen LogP contribution < -0.4 is 10.6 Å². The summed E-state index contributed by atoms with van der Waals surface area (Å²) in [7, 11) is 0. The minimum atomic E-state index is -0.481. The molecule has 5 heteroatoms. The Morgan fingerprint density at radius 3 is 2.35 bits per heavy atom. The van der Waals surface area contributed by atoms with Crippen LogP contribution >= 0.6 is 0 Å². The van der Waals surface area contributed by atoms with Crippen molar-refractivity contribution in [2.45, 2.75) is 70.7 Å². The van der Waals surface area contributed by atoms with Gasteiger partial charge < -0.3 is 20.5 Å². The van der Waals surface area contributed by atoms with Gasteiger partial charge in [-0.25, -0.2) is 4.79 Å². The zero-order valence-electron chi connectivity index (χ0n) is 14.3. The molecule has 1 aliphatic rings. The van der Waals surface area contributed by atoms with Crippen LogP contribution in [0.15, 0.2) is 24.3 Å². The summed E-state index contributed by atoms with van der Waals surface area (Å²) < 4.78 is 5.21. The van der Waals surface area contributed by atoms with Gasteiger partial charge in [0, 0.05) is 18.3 Å². The normalized spacial score (nSPS) is 21.6. The molecule has 128 valence electrons. The second-order valence-electron chi connectivity index (χ2n) is 7.20. The SMILES string of the molecule is CC(C)(C)OC(=O)NCc1ccc(NC2CCC(O)CC2)cc1. The molecule has 0 saturated heterocycles. The molecule has 2 rings (SSSR count). The van der Waals surface area contributed by atoms with Crippen molar-refractivity contribution in [3.63, 3.8) is 0 Å². The zero-order chi connectivity index (χ0) is 16.9. The third kappa shape index (κ3) is 6.48. The van der Waals surface area contributed by atoms with Crippen LogP contribution in [0.4, 0.5) is 10.5 Å². The van der Waals surface area contributed by atoms with E-state index < -0.39 is 11.7 Å². The average molecular weight is 320 g/mol. The number of ether oxygens (including phenoxy) is 1. The number of anilines is 1. The summed E-state index contributed by atoms with van der Waals surface area (Å²) in [5.74, 6) is 0. The molecule has 1 saturated carbocycles. The quantitative estimate of drug-likeness (QED) is 0.795. The average Bonchev–Trinajstić information content (AvgIpc) is 2.47. The summed E-state index contributed by atoms with van der Waals surface area (Å²) in [6.07, 6.45) is 3.21. The number of hydrogen-bond donors (Lipinski definition) is 3. The predicted molar refractivity (Wildman–Crippen MR) is 91.4 cm³/mol. The first kappa shape index (κ1) is 17.6. The Bertz CT molecular complexity index is 500. The number of rotatable bonds is 4. The van der Waals surface area contributed by atoms with Crippen LogP contribution in [0.5, 0.6) is 0 Å². The van der Waals surface area contributed by atoms with E-state index in [1.807, 2.05) is 45.0 Å². The van der Waals surface area contributed by atoms with Gasteiger partial charge in [-0.3, -0.25) is 0 Å². The van der Waals surface area contributed by atoms with Gasteiger partial charge in [0.05, 0.1) is 6.10 Å². The number of benzene rings is 1. The molecule has 0 aliphatic heterocycles. The van der Waals surface area contributed by atoms with Gasteiger partial charge in [0.2, 0.25) is 0 Å². The minimum absolute atomic E-state index is 0.130. The number of carbonyl (C=O) groups excluding carboxylic acids is 1. The van der Waals surface area contributed by atoms with Crippen molar-refractivity contribution in [2.24, 2.45) is 0 Å². The lowest BCUT2D eigenvalue weighted by Gasteiger charge is -2.27. The lowest BCUT2D eigenvalue weighted by atomic mass is 9.93. The molecule has 5 nitrogen and oxygen atoms in total. The van der Waals surface area contributed by atoms with Crippen LogP contribution in [-0.4, -0.2) is 28.9 Å². The second-order valence-corrected chi connectivity index (χ2v) is 7.20. The van der Waals surface area contributed by atoms with Crippen LogP contribution in [0.2, 0.25) is 0 Å². The first-order chi connectivity index (χ1) is 10.8. The van der Waals surface area contributed by atoms with Crippen LogP contribution in [-0.2, 0) is 11.3 Å². The highest BCUT2D eigenvalue weighted by atomic mass is 16.6. The van der Waals surface area contributed by atoms with Gasteiger partial charge >= 0.3 is 6.09 Å². The Balaban J connectivity index is 1.77. The van der Waals surface area contributed by atoms with E-state index in [-0.39, 0.29) is 6.10 Å². The van der Waals surface area contributed by atoms with Gasteiger partial charge in [-0.05, 0) is 64.2 Å². The maximum absolute atomic E-state index is 11.6. The van der Waals surface area contributed by atoms with Crippen molar-refractivity contribution >= 4 is 11.8 Å². The maximum atomic E-state index is 11.6. The molecule has 1 aliphatic carbocycles. The summed E-state index contributed by atoms with van der Waals surface area (Å²) in [4.78, 5) is 11.6. The molecule has 1 aromatic rings. The smallest absolute Gasteiger partial charge is 0.407 e. The first-order valence-corrected chi connectivity index (χ1v) is 8.32. The van der Waals surface area contributed by atoms with Crippen LogP contribution in [0, 0.1) is 0 Å². The number of hydrogen-bond acceptors (Lipinski definition) is 4. The number of aliphatic hydroxyl groups excluding tert-OH is 1. The van der Waals surface area contributed by atoms with E-state index in [0.717, 1.165) is 36.9 Å². The zero-order valence-corrected chi connectivity index (χ0v) is 14.3. The highest BCUT2D eigenvalue weighted by Crippen LogP contribution is 2.22. The minimum Gasteiger partial charge on any atom is -0.444 e. The Labute approximate surface area is 138 Å². The molecular formula is C18H28N2O3. The molecule has 23 heavy (non-hydrogen) atoms. The predicted octanol–water partition coefficient (Wildman–Crippen LogP) is 3.43. The summed E-state index contributed by atoms with van der Waals surface area (Å²) in [6.45, 7) is 5.98. The van der Waals surface area contributed by atoms with E-state index >= 15 is 0 Å². The van der Waals surface area contributed by atoms with Crippen molar-refractivity contribution in [3.8, 4) is 0 Å². The molecule has 0 heterocycles. The van der Waals surface area contributed by atoms with Gasteiger partial charge in [-0.15, -0.1) is 0 Å². The lowest BCUT2D eigenvalue weighted by molar-refractivity contribution is 0.0523. The highest BCUT2D eigenvalue weighted by Gasteiger charge is 2.19. The Kier molecular flexibility index (Phi) is 5.88. The van der Waals surface area contributed by atoms with Gasteiger partial charge in [0.25, 0.3) is 0 Å². The van der Waals surface area contributed by atoms with Crippen molar-refractivity contribution < 1.29 is 14.6 Å². The van der Waals surface area contributed by atoms with Crippen LogP contribution in [0.3, 0.4) is 0 Å². The molecule has 3 N–H and O–H groups in total. The molecule has 0 unspecified atom stereocenters. The van der Waals surface area contributed by atoms with E-state index in [1.54, 1.807) is 0 Å². The fourth-order valence-corrected chi connectivity index (χ4v) is 2.66. The van der Waals surface area contributed by atoms with E-state index in [0.29, 0.717) is 12.6 Å². The second kappa shape index (κ2) is 7.68. The summed E-state index contributed by atoms with van der Waals surface area (Å²) >= 11 is 0.